The summed E-state index contributed by atoms with van der Waals surface area (Å²) < 4.78 is 18.6. The van der Waals surface area contributed by atoms with E-state index in [4.69, 9.17) is 4.52 Å². The Kier molecular flexibility index (Phi) is 6.94. The molecule has 40 heavy (non-hydrogen) atoms. The van der Waals surface area contributed by atoms with Crippen molar-refractivity contribution in [3.63, 3.8) is 0 Å². The van der Waals surface area contributed by atoms with E-state index in [0.717, 1.165) is 11.1 Å². The van der Waals surface area contributed by atoms with Gasteiger partial charge in [-0.1, -0.05) is 65.8 Å². The van der Waals surface area contributed by atoms with Gasteiger partial charge in [-0.2, -0.15) is 0 Å². The van der Waals surface area contributed by atoms with Crippen molar-refractivity contribution in [3.8, 4) is 11.3 Å². The summed E-state index contributed by atoms with van der Waals surface area (Å²) in [6.07, 6.45) is 0.708. The molecule has 0 saturated carbocycles. The number of rotatable bonds is 6. The largest absolute Gasteiger partial charge is 0.386 e. The number of benzene rings is 3. The van der Waals surface area contributed by atoms with Crippen LogP contribution in [0.25, 0.3) is 11.3 Å². The minimum Gasteiger partial charge on any atom is -0.386 e. The Morgan fingerprint density at radius 2 is 1.65 bits per heavy atom. The van der Waals surface area contributed by atoms with Gasteiger partial charge in [-0.15, -0.1) is 0 Å². The van der Waals surface area contributed by atoms with Crippen LogP contribution in [0.2, 0.25) is 0 Å². The zero-order valence-corrected chi connectivity index (χ0v) is 21.9. The zero-order chi connectivity index (χ0) is 27.7. The number of aliphatic hydroxyl groups is 1. The number of nitrogens with zero attached hydrogens (tertiary/aromatic N) is 3. The van der Waals surface area contributed by atoms with Crippen LogP contribution in [0, 0.1) is 11.2 Å². The molecule has 2 saturated heterocycles. The predicted octanol–water partition coefficient (Wildman–Crippen LogP) is 5.24. The molecular formula is C32H30FN3O4. The van der Waals surface area contributed by atoms with Crippen molar-refractivity contribution >= 4 is 11.8 Å². The Bertz CT molecular complexity index is 1480. The molecule has 0 aliphatic carbocycles. The monoisotopic (exact) mass is 539 g/mol. The second kappa shape index (κ2) is 10.7. The van der Waals surface area contributed by atoms with Crippen molar-refractivity contribution in [2.45, 2.75) is 38.0 Å². The third-order valence-electron chi connectivity index (χ3n) is 8.28. The SMILES string of the molecule is O=C(c1cc(-c2ccc(F)cc2)no1)N1CCC2(CC1)C[C@@H]([C@H](O)c1ccccc1)N(Cc1ccccc1)C2=O. The standard InChI is InChI=1S/C32H30FN3O4/c33-25-13-11-23(12-14-25)26-19-28(40-34-26)30(38)35-17-15-32(16-18-35)20-27(29(37)24-9-5-2-6-10-24)36(31(32)39)21-22-7-3-1-4-8-22/h1-14,19,27,29,37H,15-18,20-21H2/t27-,29+/m0/s1. The van der Waals surface area contributed by atoms with Crippen LogP contribution < -0.4 is 0 Å². The first-order chi connectivity index (χ1) is 19.4. The maximum Gasteiger partial charge on any atom is 0.292 e. The van der Waals surface area contributed by atoms with Crippen LogP contribution in [0.1, 0.15) is 47.0 Å². The molecule has 2 atom stereocenters. The molecular weight excluding hydrogens is 509 g/mol. The number of carbonyl (C=O) groups is 2. The molecule has 3 aromatic carbocycles. The van der Waals surface area contributed by atoms with Gasteiger partial charge < -0.3 is 19.4 Å². The Balaban J connectivity index is 1.19. The van der Waals surface area contributed by atoms with Gasteiger partial charge in [0.05, 0.1) is 17.6 Å². The average Bonchev–Trinajstić information content (AvgIpc) is 3.59. The molecule has 8 heteroatoms. The molecule has 0 bridgehead atoms. The fourth-order valence-corrected chi connectivity index (χ4v) is 6.02. The quantitative estimate of drug-likeness (QED) is 0.362. The van der Waals surface area contributed by atoms with Gasteiger partial charge in [-0.3, -0.25) is 9.59 Å². The molecule has 3 heterocycles. The van der Waals surface area contributed by atoms with E-state index in [-0.39, 0.29) is 29.4 Å². The van der Waals surface area contributed by atoms with Crippen molar-refractivity contribution in [2.75, 3.05) is 13.1 Å². The minimum absolute atomic E-state index is 0.0293. The highest BCUT2D eigenvalue weighted by Crippen LogP contribution is 2.48. The van der Waals surface area contributed by atoms with E-state index in [1.54, 1.807) is 23.1 Å². The highest BCUT2D eigenvalue weighted by Gasteiger charge is 2.54. The number of aliphatic hydroxyl groups excluding tert-OH is 1. The van der Waals surface area contributed by atoms with Gasteiger partial charge in [0.15, 0.2) is 0 Å². The first-order valence-electron chi connectivity index (χ1n) is 13.5. The van der Waals surface area contributed by atoms with Crippen molar-refractivity contribution in [3.05, 3.63) is 114 Å². The van der Waals surface area contributed by atoms with E-state index in [2.05, 4.69) is 5.16 Å². The zero-order valence-electron chi connectivity index (χ0n) is 21.9. The lowest BCUT2D eigenvalue weighted by molar-refractivity contribution is -0.140. The molecule has 2 amide bonds. The van der Waals surface area contributed by atoms with Crippen LogP contribution >= 0.6 is 0 Å². The van der Waals surface area contributed by atoms with E-state index >= 15 is 0 Å². The molecule has 1 N–H and O–H groups in total. The number of halogens is 1. The normalized spacial score (nSPS) is 19.2. The summed E-state index contributed by atoms with van der Waals surface area (Å²) >= 11 is 0. The summed E-state index contributed by atoms with van der Waals surface area (Å²) in [5, 5.41) is 15.4. The summed E-state index contributed by atoms with van der Waals surface area (Å²) in [5.41, 5.74) is 2.25. The van der Waals surface area contributed by atoms with E-state index in [9.17, 15) is 19.1 Å². The van der Waals surface area contributed by atoms with E-state index in [0.29, 0.717) is 50.2 Å². The van der Waals surface area contributed by atoms with Crippen LogP contribution in [-0.2, 0) is 11.3 Å². The number of hydrogen-bond donors (Lipinski definition) is 1. The first kappa shape index (κ1) is 26.0. The topological polar surface area (TPSA) is 86.9 Å². The summed E-state index contributed by atoms with van der Waals surface area (Å²) in [5.74, 6) is -0.505. The number of amides is 2. The maximum atomic E-state index is 14.0. The highest BCUT2D eigenvalue weighted by atomic mass is 19.1. The van der Waals surface area contributed by atoms with Crippen molar-refractivity contribution < 1.29 is 23.6 Å². The summed E-state index contributed by atoms with van der Waals surface area (Å²) in [4.78, 5) is 30.8. The fourth-order valence-electron chi connectivity index (χ4n) is 6.02. The van der Waals surface area contributed by atoms with Crippen molar-refractivity contribution in [1.82, 2.24) is 15.0 Å². The van der Waals surface area contributed by atoms with Gasteiger partial charge in [0.25, 0.3) is 5.91 Å². The molecule has 1 spiro atoms. The highest BCUT2D eigenvalue weighted by molar-refractivity contribution is 5.93. The Labute approximate surface area is 231 Å². The van der Waals surface area contributed by atoms with E-state index in [1.165, 1.54) is 12.1 Å². The number of hydrogen-bond acceptors (Lipinski definition) is 5. The Morgan fingerprint density at radius 1 is 1.00 bits per heavy atom. The summed E-state index contributed by atoms with van der Waals surface area (Å²) in [7, 11) is 0. The molecule has 204 valence electrons. The smallest absolute Gasteiger partial charge is 0.292 e. The number of piperidine rings is 1. The maximum absolute atomic E-state index is 14.0. The van der Waals surface area contributed by atoms with Crippen molar-refractivity contribution in [2.24, 2.45) is 5.41 Å². The van der Waals surface area contributed by atoms with Crippen LogP contribution in [-0.4, -0.2) is 51.0 Å². The number of likely N-dealkylation sites (tertiary alicyclic amines) is 2. The first-order valence-corrected chi connectivity index (χ1v) is 13.5. The van der Waals surface area contributed by atoms with Gasteiger partial charge in [0.1, 0.15) is 11.5 Å². The van der Waals surface area contributed by atoms with Crippen LogP contribution in [0.5, 0.6) is 0 Å². The Morgan fingerprint density at radius 3 is 2.33 bits per heavy atom. The molecule has 0 radical (unpaired) electrons. The molecule has 2 fully saturated rings. The average molecular weight is 540 g/mol. The number of aromatic nitrogens is 1. The predicted molar refractivity (Wildman–Crippen MR) is 146 cm³/mol. The van der Waals surface area contributed by atoms with Gasteiger partial charge in [-0.25, -0.2) is 4.39 Å². The van der Waals surface area contributed by atoms with Gasteiger partial charge >= 0.3 is 0 Å². The second-order valence-electron chi connectivity index (χ2n) is 10.7. The molecule has 1 aromatic heterocycles. The summed E-state index contributed by atoms with van der Waals surface area (Å²) in [6, 6.07) is 26.3. The van der Waals surface area contributed by atoms with E-state index < -0.39 is 11.5 Å². The lowest BCUT2D eigenvalue weighted by Crippen LogP contribution is -2.46. The van der Waals surface area contributed by atoms with E-state index in [1.807, 2.05) is 65.6 Å². The molecule has 2 aliphatic heterocycles. The van der Waals surface area contributed by atoms with Gasteiger partial charge in [0.2, 0.25) is 11.7 Å². The second-order valence-corrected chi connectivity index (χ2v) is 10.7. The molecule has 7 nitrogen and oxygen atoms in total. The fraction of sp³-hybridized carbons (Fsp3) is 0.281. The lowest BCUT2D eigenvalue weighted by atomic mass is 9.75. The van der Waals surface area contributed by atoms with Gasteiger partial charge in [-0.05, 0) is 54.7 Å². The summed E-state index contributed by atoms with van der Waals surface area (Å²) in [6.45, 7) is 1.21. The van der Waals surface area contributed by atoms with Crippen LogP contribution in [0.15, 0.2) is 95.5 Å². The minimum atomic E-state index is -0.813. The van der Waals surface area contributed by atoms with Gasteiger partial charge in [0, 0.05) is 31.3 Å². The lowest BCUT2D eigenvalue weighted by Gasteiger charge is -2.37. The molecule has 6 rings (SSSR count). The third-order valence-corrected chi connectivity index (χ3v) is 8.28. The van der Waals surface area contributed by atoms with Crippen LogP contribution in [0.4, 0.5) is 4.39 Å². The Hall–Kier alpha value is -4.30. The molecule has 2 aliphatic rings. The van der Waals surface area contributed by atoms with Crippen molar-refractivity contribution in [1.29, 1.82) is 0 Å². The molecule has 4 aromatic rings. The van der Waals surface area contributed by atoms with Crippen LogP contribution in [0.3, 0.4) is 0 Å². The molecule has 0 unspecified atom stereocenters. The number of carbonyl (C=O) groups excluding carboxylic acids is 2. The third kappa shape index (κ3) is 4.91.